The number of nitrogens with zero attached hydrogens (tertiary/aromatic N) is 2. The van der Waals surface area contributed by atoms with Crippen LogP contribution in [-0.4, -0.2) is 49.6 Å². The van der Waals surface area contributed by atoms with Gasteiger partial charge in [-0.2, -0.15) is 5.26 Å². The van der Waals surface area contributed by atoms with E-state index in [0.29, 0.717) is 27.7 Å². The molecule has 0 aromatic heterocycles. The van der Waals surface area contributed by atoms with Gasteiger partial charge in [0.05, 0.1) is 50.1 Å². The molecular formula is C19H28N3O3+. The summed E-state index contributed by atoms with van der Waals surface area (Å²) in [4.78, 5) is 25.0. The first-order valence-electron chi connectivity index (χ1n) is 8.56. The molecule has 1 aromatic carbocycles. The molecule has 1 unspecified atom stereocenters. The molecule has 1 rings (SSSR count). The van der Waals surface area contributed by atoms with E-state index in [4.69, 9.17) is 10.00 Å². The number of amides is 1. The Morgan fingerprint density at radius 2 is 1.88 bits per heavy atom. The number of nitriles is 1. The van der Waals surface area contributed by atoms with E-state index >= 15 is 0 Å². The smallest absolute Gasteiger partial charge is 0.340 e. The van der Waals surface area contributed by atoms with Crippen LogP contribution in [-0.2, 0) is 9.53 Å². The van der Waals surface area contributed by atoms with Crippen LogP contribution in [0.25, 0.3) is 0 Å². The van der Waals surface area contributed by atoms with Gasteiger partial charge in [-0.05, 0) is 38.5 Å². The van der Waals surface area contributed by atoms with Gasteiger partial charge in [0.25, 0.3) is 5.91 Å². The van der Waals surface area contributed by atoms with E-state index in [1.165, 1.54) is 13.2 Å². The van der Waals surface area contributed by atoms with E-state index in [0.717, 1.165) is 13.1 Å². The minimum atomic E-state index is -0.577. The average molecular weight is 346 g/mol. The van der Waals surface area contributed by atoms with Gasteiger partial charge in [0.2, 0.25) is 0 Å². The van der Waals surface area contributed by atoms with Gasteiger partial charge in [0, 0.05) is 6.42 Å². The number of quaternary nitrogens is 1. The Kier molecular flexibility index (Phi) is 7.13. The highest BCUT2D eigenvalue weighted by atomic mass is 16.5. The highest BCUT2D eigenvalue weighted by molar-refractivity contribution is 6.03. The molecule has 6 heteroatoms. The number of anilines is 1. The summed E-state index contributed by atoms with van der Waals surface area (Å²) in [7, 11) is 3.33. The van der Waals surface area contributed by atoms with Gasteiger partial charge in [-0.25, -0.2) is 4.79 Å². The lowest BCUT2D eigenvalue weighted by Gasteiger charge is -2.38. The molecule has 1 aromatic rings. The second-order valence-corrected chi connectivity index (χ2v) is 6.34. The topological polar surface area (TPSA) is 79.2 Å². The van der Waals surface area contributed by atoms with E-state index in [2.05, 4.69) is 26.2 Å². The minimum Gasteiger partial charge on any atom is -0.465 e. The van der Waals surface area contributed by atoms with Crippen molar-refractivity contribution in [3.63, 3.8) is 0 Å². The predicted molar refractivity (Wildman–Crippen MR) is 97.2 cm³/mol. The normalized spacial score (nSPS) is 12.2. The van der Waals surface area contributed by atoms with Crippen LogP contribution in [0.5, 0.6) is 0 Å². The van der Waals surface area contributed by atoms with Gasteiger partial charge in [0.15, 0.2) is 6.04 Å². The van der Waals surface area contributed by atoms with E-state index in [1.807, 2.05) is 13.0 Å². The predicted octanol–water partition coefficient (Wildman–Crippen LogP) is 2.86. The van der Waals surface area contributed by atoms with E-state index in [9.17, 15) is 9.59 Å². The lowest BCUT2D eigenvalue weighted by atomic mass is 10.0. The third-order valence-electron chi connectivity index (χ3n) is 5.00. The summed E-state index contributed by atoms with van der Waals surface area (Å²) < 4.78 is 5.42. The molecule has 0 fully saturated rings. The fraction of sp³-hybridized carbons (Fsp3) is 0.526. The number of carbonyl (C=O) groups excluding carboxylic acids is 2. The molecule has 1 amide bonds. The van der Waals surface area contributed by atoms with Crippen LogP contribution in [0.15, 0.2) is 12.1 Å². The molecule has 0 aliphatic rings. The summed E-state index contributed by atoms with van der Waals surface area (Å²) in [5, 5.41) is 12.0. The Hall–Kier alpha value is -2.39. The summed E-state index contributed by atoms with van der Waals surface area (Å²) in [5.41, 5.74) is 1.62. The van der Waals surface area contributed by atoms with Crippen molar-refractivity contribution in [3.8, 4) is 6.07 Å². The number of carbonyl (C=O) groups is 2. The first-order chi connectivity index (χ1) is 11.8. The van der Waals surface area contributed by atoms with Crippen molar-refractivity contribution in [2.75, 3.05) is 32.6 Å². The van der Waals surface area contributed by atoms with E-state index in [1.54, 1.807) is 13.0 Å². The van der Waals surface area contributed by atoms with Crippen molar-refractivity contribution in [2.24, 2.45) is 0 Å². The monoisotopic (exact) mass is 346 g/mol. The zero-order valence-corrected chi connectivity index (χ0v) is 16.0. The van der Waals surface area contributed by atoms with Crippen LogP contribution in [0.4, 0.5) is 5.69 Å². The van der Waals surface area contributed by atoms with Crippen molar-refractivity contribution in [1.29, 1.82) is 5.26 Å². The molecule has 0 bridgehead atoms. The minimum absolute atomic E-state index is 0.133. The highest BCUT2D eigenvalue weighted by Gasteiger charge is 2.35. The molecule has 6 nitrogen and oxygen atoms in total. The first-order valence-corrected chi connectivity index (χ1v) is 8.56. The molecule has 136 valence electrons. The van der Waals surface area contributed by atoms with Crippen molar-refractivity contribution in [3.05, 3.63) is 28.8 Å². The molecule has 0 spiro atoms. The quantitative estimate of drug-likeness (QED) is 0.608. The number of methoxy groups -OCH3 is 1. The maximum absolute atomic E-state index is 12.9. The van der Waals surface area contributed by atoms with Gasteiger partial charge < -0.3 is 14.5 Å². The number of benzene rings is 1. The molecule has 0 aliphatic heterocycles. The zero-order chi connectivity index (χ0) is 19.2. The number of hydrogen-bond acceptors (Lipinski definition) is 4. The Morgan fingerprint density at radius 1 is 1.28 bits per heavy atom. The first kappa shape index (κ1) is 20.7. The second kappa shape index (κ2) is 8.63. The van der Waals surface area contributed by atoms with Crippen molar-refractivity contribution in [2.45, 2.75) is 40.2 Å². The lowest BCUT2D eigenvalue weighted by molar-refractivity contribution is -0.921. The van der Waals surface area contributed by atoms with Crippen molar-refractivity contribution >= 4 is 17.6 Å². The van der Waals surface area contributed by atoms with Crippen LogP contribution in [0.3, 0.4) is 0 Å². The van der Waals surface area contributed by atoms with Crippen molar-refractivity contribution < 1.29 is 18.8 Å². The molecule has 1 atom stereocenters. The molecule has 0 saturated heterocycles. The summed E-state index contributed by atoms with van der Waals surface area (Å²) in [6.07, 6.45) is 0.687. The lowest BCUT2D eigenvalue weighted by Crippen LogP contribution is -2.56. The maximum atomic E-state index is 12.9. The van der Waals surface area contributed by atoms with Crippen LogP contribution >= 0.6 is 0 Å². The SMILES string of the molecule is CCC(C(=O)Nc1c(C)cc(C#N)cc1C(=O)OC)[N+](C)(CC)CC. The van der Waals surface area contributed by atoms with Crippen LogP contribution in [0.1, 0.15) is 48.7 Å². The second-order valence-electron chi connectivity index (χ2n) is 6.34. The molecule has 0 aliphatic carbocycles. The summed E-state index contributed by atoms with van der Waals surface area (Å²) in [6, 6.07) is 4.89. The number of esters is 1. The van der Waals surface area contributed by atoms with Gasteiger partial charge in [-0.1, -0.05) is 6.92 Å². The van der Waals surface area contributed by atoms with Crippen LogP contribution < -0.4 is 5.32 Å². The Labute approximate surface area is 150 Å². The maximum Gasteiger partial charge on any atom is 0.340 e. The molecule has 0 radical (unpaired) electrons. The van der Waals surface area contributed by atoms with Gasteiger partial charge in [-0.3, -0.25) is 4.79 Å². The number of likely N-dealkylation sites (N-methyl/N-ethyl adjacent to an activating group) is 1. The Morgan fingerprint density at radius 3 is 2.32 bits per heavy atom. The molecular weight excluding hydrogens is 318 g/mol. The third-order valence-corrected chi connectivity index (χ3v) is 5.00. The fourth-order valence-corrected chi connectivity index (χ4v) is 3.07. The van der Waals surface area contributed by atoms with Crippen LogP contribution in [0, 0.1) is 18.3 Å². The third kappa shape index (κ3) is 4.37. The summed E-state index contributed by atoms with van der Waals surface area (Å²) >= 11 is 0. The van der Waals surface area contributed by atoms with E-state index in [-0.39, 0.29) is 17.5 Å². The highest BCUT2D eigenvalue weighted by Crippen LogP contribution is 2.25. The Balaban J connectivity index is 3.31. The number of rotatable bonds is 7. The van der Waals surface area contributed by atoms with Gasteiger partial charge in [-0.15, -0.1) is 0 Å². The fourth-order valence-electron chi connectivity index (χ4n) is 3.07. The molecule has 0 heterocycles. The Bertz CT molecular complexity index is 688. The molecule has 0 saturated carbocycles. The number of ether oxygens (including phenoxy) is 1. The summed E-state index contributed by atoms with van der Waals surface area (Å²) in [5.74, 6) is -0.710. The zero-order valence-electron chi connectivity index (χ0n) is 16.0. The number of hydrogen-bond donors (Lipinski definition) is 1. The van der Waals surface area contributed by atoms with Crippen LogP contribution in [0.2, 0.25) is 0 Å². The molecule has 25 heavy (non-hydrogen) atoms. The summed E-state index contributed by atoms with van der Waals surface area (Å²) in [6.45, 7) is 9.53. The number of nitrogens with one attached hydrogen (secondary N) is 1. The standard InChI is InChI=1S/C19H27N3O3/c1-7-16(22(5,8-2)9-3)18(23)21-17-13(4)10-14(12-20)11-15(17)19(24)25-6/h10-11,16H,7-9H2,1-6H3/p+1. The van der Waals surface area contributed by atoms with Gasteiger partial charge >= 0.3 is 5.97 Å². The number of aryl methyl sites for hydroxylation is 1. The average Bonchev–Trinajstić information content (AvgIpc) is 2.62. The van der Waals surface area contributed by atoms with Crippen molar-refractivity contribution in [1.82, 2.24) is 0 Å². The van der Waals surface area contributed by atoms with E-state index < -0.39 is 5.97 Å². The van der Waals surface area contributed by atoms with Gasteiger partial charge in [0.1, 0.15) is 0 Å². The molecule has 1 N–H and O–H groups in total. The largest absolute Gasteiger partial charge is 0.465 e.